The van der Waals surface area contributed by atoms with E-state index in [4.69, 9.17) is 11.6 Å². The van der Waals surface area contributed by atoms with Gasteiger partial charge in [-0.3, -0.25) is 4.79 Å². The molecule has 8 heteroatoms. The smallest absolute Gasteiger partial charge is 0.318 e. The van der Waals surface area contributed by atoms with Crippen LogP contribution in [0.2, 0.25) is 5.02 Å². The van der Waals surface area contributed by atoms with Crippen LogP contribution in [0.1, 0.15) is 38.4 Å². The van der Waals surface area contributed by atoms with E-state index in [0.29, 0.717) is 5.02 Å². The number of nitrogens with one attached hydrogen (secondary N) is 1. The Labute approximate surface area is 177 Å². The summed E-state index contributed by atoms with van der Waals surface area (Å²) in [5, 5.41) is 4.57. The van der Waals surface area contributed by atoms with Crippen LogP contribution in [0.4, 0.5) is 13.2 Å². The van der Waals surface area contributed by atoms with Crippen molar-refractivity contribution in [3.8, 4) is 5.69 Å². The molecule has 0 bridgehead atoms. The third-order valence-corrected chi connectivity index (χ3v) is 5.18. The van der Waals surface area contributed by atoms with E-state index in [0.717, 1.165) is 40.3 Å². The highest BCUT2D eigenvalue weighted by Gasteiger charge is 2.30. The van der Waals surface area contributed by atoms with Crippen molar-refractivity contribution in [3.05, 3.63) is 87.2 Å². The fraction of sp³-hybridized carbons (Fsp3) is 0.182. The van der Waals surface area contributed by atoms with Gasteiger partial charge in [0.05, 0.1) is 11.8 Å². The maximum Gasteiger partial charge on any atom is 0.416 e. The van der Waals surface area contributed by atoms with E-state index in [1.807, 2.05) is 49.6 Å². The molecule has 1 heterocycles. The van der Waals surface area contributed by atoms with Gasteiger partial charge in [-0.05, 0) is 62.7 Å². The number of aromatic nitrogens is 1. The second-order valence-corrected chi connectivity index (χ2v) is 7.23. The lowest BCUT2D eigenvalue weighted by Crippen LogP contribution is -2.18. The van der Waals surface area contributed by atoms with E-state index in [9.17, 15) is 18.0 Å². The van der Waals surface area contributed by atoms with Crippen LogP contribution in [0.5, 0.6) is 0 Å². The van der Waals surface area contributed by atoms with Crippen molar-refractivity contribution in [3.63, 3.8) is 0 Å². The largest absolute Gasteiger partial charge is 0.416 e. The molecule has 0 atom stereocenters. The van der Waals surface area contributed by atoms with Gasteiger partial charge in [-0.15, -0.1) is 0 Å². The monoisotopic (exact) mass is 433 g/mol. The number of nitrogens with zero attached hydrogens (tertiary/aromatic N) is 2. The van der Waals surface area contributed by atoms with E-state index in [-0.39, 0.29) is 5.56 Å². The highest BCUT2D eigenvalue weighted by molar-refractivity contribution is 6.31. The van der Waals surface area contributed by atoms with E-state index in [1.165, 1.54) is 18.3 Å². The van der Waals surface area contributed by atoms with Gasteiger partial charge in [0.15, 0.2) is 0 Å². The lowest BCUT2D eigenvalue weighted by Gasteiger charge is -2.13. The molecule has 3 rings (SSSR count). The van der Waals surface area contributed by atoms with Crippen molar-refractivity contribution in [1.82, 2.24) is 9.99 Å². The number of amides is 1. The molecule has 3 aromatic rings. The van der Waals surface area contributed by atoms with Gasteiger partial charge in [0, 0.05) is 33.2 Å². The number of hydrogen-bond donors (Lipinski definition) is 1. The molecular formula is C22H19ClF3N3O. The molecule has 0 saturated heterocycles. The van der Waals surface area contributed by atoms with E-state index in [2.05, 4.69) is 10.5 Å². The Morgan fingerprint density at radius 2 is 1.80 bits per heavy atom. The number of carbonyl (C=O) groups excluding carboxylic acids is 1. The quantitative estimate of drug-likeness (QED) is 0.408. The zero-order valence-electron chi connectivity index (χ0n) is 16.5. The number of hydrogen-bond acceptors (Lipinski definition) is 2. The Morgan fingerprint density at radius 1 is 1.10 bits per heavy atom. The lowest BCUT2D eigenvalue weighted by atomic mass is 10.1. The summed E-state index contributed by atoms with van der Waals surface area (Å²) in [5.74, 6) is -0.725. The zero-order valence-corrected chi connectivity index (χ0v) is 17.3. The standard InChI is InChI=1S/C22H19ClF3N3O/c1-13-10-17(15(3)29(13)20-9-5-8-19(23)14(20)2)12-27-28-21(30)16-6-4-7-18(11-16)22(24,25)26/h4-12H,1-3H3,(H,28,30)/b27-12-. The van der Waals surface area contributed by atoms with Gasteiger partial charge in [-0.25, -0.2) is 5.43 Å². The molecule has 156 valence electrons. The topological polar surface area (TPSA) is 46.4 Å². The summed E-state index contributed by atoms with van der Waals surface area (Å²) < 4.78 is 40.5. The van der Waals surface area contributed by atoms with Crippen molar-refractivity contribution < 1.29 is 18.0 Å². The number of carbonyl (C=O) groups is 1. The van der Waals surface area contributed by atoms with Gasteiger partial charge >= 0.3 is 6.18 Å². The summed E-state index contributed by atoms with van der Waals surface area (Å²) in [7, 11) is 0. The Bertz CT molecular complexity index is 1130. The van der Waals surface area contributed by atoms with E-state index < -0.39 is 17.6 Å². The van der Waals surface area contributed by atoms with Gasteiger partial charge in [0.2, 0.25) is 0 Å². The van der Waals surface area contributed by atoms with Crippen LogP contribution >= 0.6 is 11.6 Å². The lowest BCUT2D eigenvalue weighted by molar-refractivity contribution is -0.137. The van der Waals surface area contributed by atoms with Gasteiger partial charge in [-0.2, -0.15) is 18.3 Å². The third kappa shape index (κ3) is 4.41. The second-order valence-electron chi connectivity index (χ2n) is 6.82. The molecule has 0 aliphatic carbocycles. The third-order valence-electron chi connectivity index (χ3n) is 4.77. The molecular weight excluding hydrogens is 415 g/mol. The zero-order chi connectivity index (χ0) is 22.1. The molecule has 0 fully saturated rings. The summed E-state index contributed by atoms with van der Waals surface area (Å²) >= 11 is 6.23. The maximum absolute atomic E-state index is 12.8. The van der Waals surface area contributed by atoms with Crippen molar-refractivity contribution in [2.75, 3.05) is 0 Å². The van der Waals surface area contributed by atoms with Crippen molar-refractivity contribution in [2.45, 2.75) is 26.9 Å². The minimum absolute atomic E-state index is 0.123. The van der Waals surface area contributed by atoms with Gasteiger partial charge in [-0.1, -0.05) is 23.7 Å². The number of alkyl halides is 3. The van der Waals surface area contributed by atoms with Crippen molar-refractivity contribution in [2.24, 2.45) is 5.10 Å². The van der Waals surface area contributed by atoms with E-state index >= 15 is 0 Å². The molecule has 0 aliphatic rings. The van der Waals surface area contributed by atoms with Crippen molar-refractivity contribution >= 4 is 23.7 Å². The highest BCUT2D eigenvalue weighted by atomic mass is 35.5. The number of benzene rings is 2. The molecule has 0 spiro atoms. The molecule has 1 N–H and O–H groups in total. The molecule has 0 saturated carbocycles. The summed E-state index contributed by atoms with van der Waals surface area (Å²) in [5.41, 5.74) is 5.72. The number of halogens is 4. The first-order valence-corrected chi connectivity index (χ1v) is 9.42. The van der Waals surface area contributed by atoms with Crippen LogP contribution in [0.25, 0.3) is 5.69 Å². The SMILES string of the molecule is Cc1c(Cl)cccc1-n1c(C)cc(/C=N\NC(=O)c2cccc(C(F)(F)F)c2)c1C. The normalized spacial score (nSPS) is 11.8. The molecule has 1 amide bonds. The predicted octanol–water partition coefficient (Wildman–Crippen LogP) is 5.84. The Hall–Kier alpha value is -3.06. The first kappa shape index (κ1) is 21.6. The highest BCUT2D eigenvalue weighted by Crippen LogP contribution is 2.29. The summed E-state index contributed by atoms with van der Waals surface area (Å²) in [6, 6.07) is 11.7. The fourth-order valence-electron chi connectivity index (χ4n) is 3.19. The average molecular weight is 434 g/mol. The first-order chi connectivity index (χ1) is 14.1. The second kappa shape index (κ2) is 8.36. The van der Waals surface area contributed by atoms with Gasteiger partial charge < -0.3 is 4.57 Å². The van der Waals surface area contributed by atoms with Crippen LogP contribution in [-0.2, 0) is 6.18 Å². The average Bonchev–Trinajstić information content (AvgIpc) is 2.97. The molecule has 4 nitrogen and oxygen atoms in total. The Kier molecular flexibility index (Phi) is 6.03. The first-order valence-electron chi connectivity index (χ1n) is 9.04. The van der Waals surface area contributed by atoms with Crippen LogP contribution < -0.4 is 5.43 Å². The van der Waals surface area contributed by atoms with Crippen molar-refractivity contribution in [1.29, 1.82) is 0 Å². The minimum Gasteiger partial charge on any atom is -0.318 e. The molecule has 1 aromatic heterocycles. The van der Waals surface area contributed by atoms with Gasteiger partial charge in [0.25, 0.3) is 5.91 Å². The van der Waals surface area contributed by atoms with Crippen LogP contribution in [0, 0.1) is 20.8 Å². The molecule has 0 radical (unpaired) electrons. The summed E-state index contributed by atoms with van der Waals surface area (Å²) in [6.07, 6.45) is -3.06. The predicted molar refractivity (Wildman–Crippen MR) is 111 cm³/mol. The summed E-state index contributed by atoms with van der Waals surface area (Å²) in [4.78, 5) is 12.2. The fourth-order valence-corrected chi connectivity index (χ4v) is 3.36. The maximum atomic E-state index is 12.8. The molecule has 2 aromatic carbocycles. The Morgan fingerprint density at radius 3 is 2.50 bits per heavy atom. The van der Waals surface area contributed by atoms with Crippen LogP contribution in [0.15, 0.2) is 53.6 Å². The minimum atomic E-state index is -4.52. The van der Waals surface area contributed by atoms with Crippen LogP contribution in [0.3, 0.4) is 0 Å². The number of aryl methyl sites for hydroxylation is 1. The molecule has 0 aliphatic heterocycles. The Balaban J connectivity index is 1.81. The van der Waals surface area contributed by atoms with E-state index in [1.54, 1.807) is 0 Å². The van der Waals surface area contributed by atoms with Gasteiger partial charge in [0.1, 0.15) is 0 Å². The number of rotatable bonds is 4. The molecule has 0 unspecified atom stereocenters. The van der Waals surface area contributed by atoms with Crippen LogP contribution in [-0.4, -0.2) is 16.7 Å². The number of hydrazone groups is 1. The summed E-state index contributed by atoms with van der Waals surface area (Å²) in [6.45, 7) is 5.77. The molecule has 30 heavy (non-hydrogen) atoms.